The number of benzene rings is 5. The van der Waals surface area contributed by atoms with E-state index in [1.54, 1.807) is 44.1 Å². The van der Waals surface area contributed by atoms with Crippen molar-refractivity contribution in [1.82, 2.24) is 19.5 Å². The smallest absolute Gasteiger partial charge is 0.280 e. The van der Waals surface area contributed by atoms with E-state index in [1.807, 2.05) is 121 Å². The summed E-state index contributed by atoms with van der Waals surface area (Å²) in [6, 6.07) is 41.7. The van der Waals surface area contributed by atoms with Crippen molar-refractivity contribution in [2.24, 2.45) is 0 Å². The minimum atomic E-state index is -1.13. The number of aromatic amines is 1. The van der Waals surface area contributed by atoms with Crippen molar-refractivity contribution in [2.45, 2.75) is 30.5 Å². The number of hydrogen-bond donors (Lipinski definition) is 3. The molecule has 304 valence electrons. The van der Waals surface area contributed by atoms with Crippen molar-refractivity contribution >= 4 is 34.7 Å². The highest BCUT2D eigenvalue weighted by Crippen LogP contribution is 2.43. The van der Waals surface area contributed by atoms with E-state index in [0.29, 0.717) is 28.4 Å². The average Bonchev–Trinajstić information content (AvgIpc) is 3.90. The van der Waals surface area contributed by atoms with Crippen LogP contribution in [-0.2, 0) is 19.9 Å². The zero-order chi connectivity index (χ0) is 41.6. The Morgan fingerprint density at radius 1 is 0.817 bits per heavy atom. The van der Waals surface area contributed by atoms with E-state index in [1.165, 1.54) is 6.33 Å². The molecule has 1 fully saturated rings. The number of ether oxygens (including phenoxy) is 5. The van der Waals surface area contributed by atoms with Crippen LogP contribution in [0.25, 0.3) is 22.8 Å². The molecular formula is C47H43N5O8. The number of hydrogen-bond acceptors (Lipinski definition) is 10. The Labute approximate surface area is 345 Å². The quantitative estimate of drug-likeness (QED) is 0.0595. The molecule has 13 nitrogen and oxygen atoms in total. The van der Waals surface area contributed by atoms with Crippen molar-refractivity contribution < 1.29 is 33.6 Å². The lowest BCUT2D eigenvalue weighted by Crippen LogP contribution is -2.38. The number of rotatable bonds is 14. The van der Waals surface area contributed by atoms with Gasteiger partial charge in [0.1, 0.15) is 35.2 Å². The molecule has 5 aromatic carbocycles. The molecule has 1 aliphatic rings. The third-order valence-electron chi connectivity index (χ3n) is 10.6. The maximum Gasteiger partial charge on any atom is 0.280 e. The van der Waals surface area contributed by atoms with E-state index in [2.05, 4.69) is 20.3 Å². The van der Waals surface area contributed by atoms with Crippen LogP contribution in [0.5, 0.6) is 17.2 Å². The summed E-state index contributed by atoms with van der Waals surface area (Å²) in [7, 11) is 4.82. The summed E-state index contributed by atoms with van der Waals surface area (Å²) in [4.78, 5) is 38.9. The molecule has 3 N–H and O–H groups in total. The van der Waals surface area contributed by atoms with Crippen molar-refractivity contribution in [2.75, 3.05) is 33.3 Å². The standard InChI is InChI=1S/C47H43N5O8/c1-56-35-20-14-30(15-21-35)26-38(31-10-6-4-7-11-31)44(54)50-46-49-43-42(45(55)51-46)48-29-52(43)41-27-39(53)40(60-41)28-59-47(32-12-8-5-9-13-32,33-16-22-36(57-2)23-17-33)34-18-24-37(58-3)25-19-34/h4-26,29,39-41,53H,27-28H2,1-3H3,(H2,49,50,51,54,55)/b38-26+/t39-,40+,41+/m0/s1. The maximum atomic E-state index is 13.9. The number of aromatic nitrogens is 4. The topological polar surface area (TPSA) is 159 Å². The average molecular weight is 806 g/mol. The van der Waals surface area contributed by atoms with Gasteiger partial charge in [-0.25, -0.2) is 4.98 Å². The largest absolute Gasteiger partial charge is 0.497 e. The Kier molecular flexibility index (Phi) is 11.5. The molecule has 1 saturated heterocycles. The number of amides is 1. The first-order valence-corrected chi connectivity index (χ1v) is 19.3. The molecule has 60 heavy (non-hydrogen) atoms. The molecule has 7 aromatic rings. The molecule has 8 rings (SSSR count). The highest BCUT2D eigenvalue weighted by atomic mass is 16.6. The van der Waals surface area contributed by atoms with E-state index < -0.39 is 35.5 Å². The number of H-pyrrole nitrogens is 1. The maximum absolute atomic E-state index is 13.9. The van der Waals surface area contributed by atoms with Crippen LogP contribution >= 0.6 is 0 Å². The molecule has 0 unspecified atom stereocenters. The number of aliphatic hydroxyl groups is 1. The predicted octanol–water partition coefficient (Wildman–Crippen LogP) is 6.98. The first-order valence-electron chi connectivity index (χ1n) is 19.3. The minimum absolute atomic E-state index is 0.0185. The molecule has 0 radical (unpaired) electrons. The summed E-state index contributed by atoms with van der Waals surface area (Å²) in [6.07, 6.45) is 0.842. The summed E-state index contributed by atoms with van der Waals surface area (Å²) in [5.74, 6) is 1.49. The Balaban J connectivity index is 1.08. The number of imidazole rings is 1. The van der Waals surface area contributed by atoms with Gasteiger partial charge in [0.15, 0.2) is 11.2 Å². The zero-order valence-corrected chi connectivity index (χ0v) is 33.1. The molecule has 0 aliphatic carbocycles. The van der Waals surface area contributed by atoms with Gasteiger partial charge in [-0.05, 0) is 70.3 Å². The molecule has 13 heteroatoms. The van der Waals surface area contributed by atoms with Crippen LogP contribution in [0.4, 0.5) is 5.95 Å². The van der Waals surface area contributed by atoms with Gasteiger partial charge >= 0.3 is 0 Å². The van der Waals surface area contributed by atoms with Crippen molar-refractivity contribution in [3.05, 3.63) is 178 Å². The van der Waals surface area contributed by atoms with Crippen LogP contribution in [0, 0.1) is 0 Å². The Hall–Kier alpha value is -7.06. The van der Waals surface area contributed by atoms with Crippen molar-refractivity contribution in [3.63, 3.8) is 0 Å². The van der Waals surface area contributed by atoms with Crippen molar-refractivity contribution in [1.29, 1.82) is 0 Å². The molecule has 0 spiro atoms. The monoisotopic (exact) mass is 805 g/mol. The van der Waals surface area contributed by atoms with Gasteiger partial charge in [-0.15, -0.1) is 0 Å². The van der Waals surface area contributed by atoms with E-state index in [9.17, 15) is 14.7 Å². The number of fused-ring (bicyclic) bond motifs is 1. The van der Waals surface area contributed by atoms with Gasteiger partial charge in [-0.1, -0.05) is 97.1 Å². The lowest BCUT2D eigenvalue weighted by Gasteiger charge is -2.37. The summed E-state index contributed by atoms with van der Waals surface area (Å²) in [6.45, 7) is -0.0185. The fraction of sp³-hybridized carbons (Fsp3) is 0.191. The number of carbonyl (C=O) groups excluding carboxylic acids is 1. The van der Waals surface area contributed by atoms with Crippen LogP contribution in [0.1, 0.15) is 40.5 Å². The van der Waals surface area contributed by atoms with Gasteiger partial charge < -0.3 is 28.8 Å². The molecular weight excluding hydrogens is 763 g/mol. The van der Waals surface area contributed by atoms with E-state index >= 15 is 0 Å². The second-order valence-electron chi connectivity index (χ2n) is 14.1. The summed E-state index contributed by atoms with van der Waals surface area (Å²) in [5.41, 5.74) is 2.82. The summed E-state index contributed by atoms with van der Waals surface area (Å²) in [5, 5.41) is 14.3. The molecule has 3 atom stereocenters. The number of nitrogens with zero attached hydrogens (tertiary/aromatic N) is 3. The van der Waals surface area contributed by atoms with Gasteiger partial charge in [0, 0.05) is 12.0 Å². The third kappa shape index (κ3) is 8.01. The second kappa shape index (κ2) is 17.4. The van der Waals surface area contributed by atoms with Gasteiger partial charge in [-0.3, -0.25) is 24.5 Å². The van der Waals surface area contributed by atoms with Gasteiger partial charge in [0.2, 0.25) is 5.95 Å². The molecule has 1 aliphatic heterocycles. The van der Waals surface area contributed by atoms with Gasteiger partial charge in [0.05, 0.1) is 40.4 Å². The lowest BCUT2D eigenvalue weighted by atomic mass is 9.80. The van der Waals surface area contributed by atoms with E-state index in [0.717, 1.165) is 22.3 Å². The van der Waals surface area contributed by atoms with Crippen LogP contribution in [-0.4, -0.2) is 70.7 Å². The molecule has 0 bridgehead atoms. The third-order valence-corrected chi connectivity index (χ3v) is 10.6. The van der Waals surface area contributed by atoms with Crippen LogP contribution in [0.2, 0.25) is 0 Å². The Morgan fingerprint density at radius 3 is 1.95 bits per heavy atom. The normalized spacial score (nSPS) is 16.7. The highest BCUT2D eigenvalue weighted by molar-refractivity contribution is 6.28. The van der Waals surface area contributed by atoms with Crippen LogP contribution < -0.4 is 25.1 Å². The predicted molar refractivity (Wildman–Crippen MR) is 227 cm³/mol. The van der Waals surface area contributed by atoms with Crippen LogP contribution in [0.3, 0.4) is 0 Å². The zero-order valence-electron chi connectivity index (χ0n) is 33.1. The van der Waals surface area contributed by atoms with Gasteiger partial charge in [-0.2, -0.15) is 4.98 Å². The van der Waals surface area contributed by atoms with Crippen LogP contribution in [0.15, 0.2) is 145 Å². The van der Waals surface area contributed by atoms with Crippen molar-refractivity contribution in [3.8, 4) is 17.2 Å². The van der Waals surface area contributed by atoms with E-state index in [-0.39, 0.29) is 30.1 Å². The fourth-order valence-corrected chi connectivity index (χ4v) is 7.45. The Morgan fingerprint density at radius 2 is 1.37 bits per heavy atom. The number of nitrogens with one attached hydrogen (secondary N) is 2. The number of aliphatic hydroxyl groups excluding tert-OH is 1. The second-order valence-corrected chi connectivity index (χ2v) is 14.1. The Bertz CT molecular complexity index is 2600. The number of methoxy groups -OCH3 is 3. The van der Waals surface area contributed by atoms with E-state index in [4.69, 9.17) is 23.7 Å². The number of carbonyl (C=O) groups is 1. The summed E-state index contributed by atoms with van der Waals surface area (Å²) >= 11 is 0. The highest BCUT2D eigenvalue weighted by Gasteiger charge is 2.42. The molecule has 0 saturated carbocycles. The molecule has 1 amide bonds. The first kappa shape index (κ1) is 39.8. The molecule has 2 aromatic heterocycles. The lowest BCUT2D eigenvalue weighted by molar-refractivity contribution is -0.111. The first-order chi connectivity index (χ1) is 29.3. The summed E-state index contributed by atoms with van der Waals surface area (Å²) < 4.78 is 31.3. The fourth-order valence-electron chi connectivity index (χ4n) is 7.45. The minimum Gasteiger partial charge on any atom is -0.497 e. The SMILES string of the molecule is COc1ccc(/C=C(/C(=O)Nc2nc3c(ncn3[C@H]3C[C@H](O)[C@@H](COC(c4ccccc4)(c4ccc(OC)cc4)c4ccc(OC)cc4)O3)c(=O)[nH]2)c2ccccc2)cc1. The number of anilines is 1. The van der Waals surface area contributed by atoms with Gasteiger partial charge in [0.25, 0.3) is 11.5 Å². The molecule has 3 heterocycles.